The molecule has 0 radical (unpaired) electrons. The number of benzene rings is 1. The highest BCUT2D eigenvalue weighted by Crippen LogP contribution is 2.41. The number of hydrogen-bond donors (Lipinski definition) is 3. The molecule has 2 fully saturated rings. The molecule has 2 saturated carbocycles. The van der Waals surface area contributed by atoms with E-state index < -0.39 is 18.5 Å². The first-order valence-electron chi connectivity index (χ1n) is 12.5. The van der Waals surface area contributed by atoms with Gasteiger partial charge in [-0.2, -0.15) is 23.5 Å². The van der Waals surface area contributed by atoms with E-state index in [1.54, 1.807) is 16.8 Å². The molecule has 0 aliphatic heterocycles. The molecule has 198 valence electrons. The summed E-state index contributed by atoms with van der Waals surface area (Å²) in [5.41, 5.74) is 6.33. The van der Waals surface area contributed by atoms with Crippen molar-refractivity contribution >= 4 is 17.6 Å². The lowest BCUT2D eigenvalue weighted by Gasteiger charge is -2.39. The molecular formula is C26H31F3N6O2. The van der Waals surface area contributed by atoms with Gasteiger partial charge in [0, 0.05) is 43.1 Å². The van der Waals surface area contributed by atoms with Gasteiger partial charge in [0.15, 0.2) is 5.82 Å². The summed E-state index contributed by atoms with van der Waals surface area (Å²) in [6.45, 7) is 0.874. The Bertz CT molecular complexity index is 1170. The number of hydrogen-bond acceptors (Lipinski definition) is 5. The number of aromatic nitrogens is 2. The molecule has 0 bridgehead atoms. The van der Waals surface area contributed by atoms with Gasteiger partial charge in [-0.15, -0.1) is 0 Å². The number of nitrogens with zero attached hydrogens (tertiary/aromatic N) is 3. The molecule has 37 heavy (non-hydrogen) atoms. The number of primary amides is 1. The molecule has 0 saturated heterocycles. The van der Waals surface area contributed by atoms with Crippen molar-refractivity contribution in [2.45, 2.75) is 76.7 Å². The van der Waals surface area contributed by atoms with Crippen LogP contribution in [-0.2, 0) is 24.3 Å². The third-order valence-corrected chi connectivity index (χ3v) is 7.21. The smallest absolute Gasteiger partial charge is 0.365 e. The van der Waals surface area contributed by atoms with Crippen LogP contribution in [-0.4, -0.2) is 33.8 Å². The maximum Gasteiger partial charge on any atom is 0.393 e. The fraction of sp³-hybridized carbons (Fsp3) is 0.538. The fourth-order valence-electron chi connectivity index (χ4n) is 5.02. The molecular weight excluding hydrogens is 485 g/mol. The zero-order chi connectivity index (χ0) is 26.6. The summed E-state index contributed by atoms with van der Waals surface area (Å²) in [6, 6.07) is 8.96. The van der Waals surface area contributed by atoms with Gasteiger partial charge in [0.1, 0.15) is 5.56 Å². The number of carbonyl (C=O) groups is 2. The normalized spacial score (nSPS) is 21.8. The molecule has 1 aromatic heterocycles. The van der Waals surface area contributed by atoms with E-state index in [1.807, 2.05) is 6.07 Å². The fourth-order valence-corrected chi connectivity index (χ4v) is 5.02. The Kier molecular flexibility index (Phi) is 7.87. The first-order chi connectivity index (χ1) is 17.6. The SMILES string of the molecule is N#CCC1(Cn2cc(C(N)=O)c(NC(=O)C3CC3)n2)CCC(NCc2cccc(CC(F)(F)F)c2)CC1. The Hall–Kier alpha value is -3.39. The van der Waals surface area contributed by atoms with Gasteiger partial charge in [-0.3, -0.25) is 14.3 Å². The highest BCUT2D eigenvalue weighted by atomic mass is 19.4. The molecule has 2 aliphatic carbocycles. The molecule has 2 amide bonds. The standard InChI is InChI=1S/C26H31F3N6O2/c27-26(28,29)13-17-2-1-3-18(12-17)14-32-20-6-8-25(9-7-20,10-11-30)16-35-15-21(22(31)36)23(34-35)33-24(37)19-4-5-19/h1-3,12,15,19-20,32H,4-10,13-14,16H2,(H2,31,36)(H,33,34,37). The number of halogens is 3. The minimum atomic E-state index is -4.24. The summed E-state index contributed by atoms with van der Waals surface area (Å²) in [4.78, 5) is 24.1. The van der Waals surface area contributed by atoms with Crippen LogP contribution in [0.2, 0.25) is 0 Å². The van der Waals surface area contributed by atoms with Crippen molar-refractivity contribution in [2.24, 2.45) is 17.1 Å². The first-order valence-corrected chi connectivity index (χ1v) is 12.5. The lowest BCUT2D eigenvalue weighted by molar-refractivity contribution is -0.127. The summed E-state index contributed by atoms with van der Waals surface area (Å²) in [6.07, 6.45) is 1.35. The minimum Gasteiger partial charge on any atom is -0.365 e. The van der Waals surface area contributed by atoms with E-state index in [2.05, 4.69) is 21.8 Å². The van der Waals surface area contributed by atoms with Crippen molar-refractivity contribution in [3.8, 4) is 6.07 Å². The van der Waals surface area contributed by atoms with E-state index in [9.17, 15) is 28.0 Å². The van der Waals surface area contributed by atoms with Gasteiger partial charge in [-0.25, -0.2) is 0 Å². The maximum absolute atomic E-state index is 12.7. The van der Waals surface area contributed by atoms with Crippen LogP contribution in [0.4, 0.5) is 19.0 Å². The van der Waals surface area contributed by atoms with Crippen molar-refractivity contribution < 1.29 is 22.8 Å². The number of nitrogens with two attached hydrogens (primary N) is 1. The summed E-state index contributed by atoms with van der Waals surface area (Å²) < 4.78 is 39.7. The molecule has 4 rings (SSSR count). The summed E-state index contributed by atoms with van der Waals surface area (Å²) in [7, 11) is 0. The second kappa shape index (κ2) is 10.9. The van der Waals surface area contributed by atoms with Gasteiger partial charge >= 0.3 is 6.18 Å². The summed E-state index contributed by atoms with van der Waals surface area (Å²) in [5, 5.41) is 20.1. The van der Waals surface area contributed by atoms with Crippen molar-refractivity contribution in [3.05, 3.63) is 47.2 Å². The predicted octanol–water partition coefficient (Wildman–Crippen LogP) is 4.07. The Morgan fingerprint density at radius 1 is 1.19 bits per heavy atom. The predicted molar refractivity (Wildman–Crippen MR) is 130 cm³/mol. The van der Waals surface area contributed by atoms with Crippen LogP contribution >= 0.6 is 0 Å². The van der Waals surface area contributed by atoms with E-state index in [-0.39, 0.29) is 40.2 Å². The van der Waals surface area contributed by atoms with E-state index in [1.165, 1.54) is 12.3 Å². The number of carbonyl (C=O) groups excluding carboxylic acids is 2. The quantitative estimate of drug-likeness (QED) is 0.439. The van der Waals surface area contributed by atoms with Gasteiger partial charge < -0.3 is 16.4 Å². The zero-order valence-corrected chi connectivity index (χ0v) is 20.5. The van der Waals surface area contributed by atoms with Crippen LogP contribution in [0, 0.1) is 22.7 Å². The van der Waals surface area contributed by atoms with Crippen molar-refractivity contribution in [2.75, 3.05) is 5.32 Å². The number of alkyl halides is 3. The van der Waals surface area contributed by atoms with Crippen molar-refractivity contribution in [3.63, 3.8) is 0 Å². The second-order valence-electron chi connectivity index (χ2n) is 10.3. The molecule has 0 unspecified atom stereocenters. The van der Waals surface area contributed by atoms with Gasteiger partial charge in [-0.1, -0.05) is 24.3 Å². The summed E-state index contributed by atoms with van der Waals surface area (Å²) >= 11 is 0. The maximum atomic E-state index is 12.7. The molecule has 2 aliphatic rings. The average molecular weight is 517 g/mol. The van der Waals surface area contributed by atoms with Crippen molar-refractivity contribution in [1.29, 1.82) is 5.26 Å². The number of nitriles is 1. The summed E-state index contributed by atoms with van der Waals surface area (Å²) in [5.74, 6) is -0.751. The Morgan fingerprint density at radius 3 is 2.51 bits per heavy atom. The third-order valence-electron chi connectivity index (χ3n) is 7.21. The zero-order valence-electron chi connectivity index (χ0n) is 20.5. The monoisotopic (exact) mass is 516 g/mol. The van der Waals surface area contributed by atoms with Crippen LogP contribution in [0.3, 0.4) is 0 Å². The van der Waals surface area contributed by atoms with E-state index >= 15 is 0 Å². The Morgan fingerprint density at radius 2 is 1.89 bits per heavy atom. The molecule has 8 nitrogen and oxygen atoms in total. The number of nitrogens with one attached hydrogen (secondary N) is 2. The molecule has 0 spiro atoms. The van der Waals surface area contributed by atoms with Gasteiger partial charge in [0.25, 0.3) is 5.91 Å². The van der Waals surface area contributed by atoms with Gasteiger partial charge in [0.05, 0.1) is 12.5 Å². The molecule has 1 heterocycles. The van der Waals surface area contributed by atoms with E-state index in [4.69, 9.17) is 5.73 Å². The third kappa shape index (κ3) is 7.32. The largest absolute Gasteiger partial charge is 0.393 e. The van der Waals surface area contributed by atoms with E-state index in [0.717, 1.165) is 44.1 Å². The van der Waals surface area contributed by atoms with Crippen LogP contribution in [0.15, 0.2) is 30.5 Å². The first kappa shape index (κ1) is 26.7. The lowest BCUT2D eigenvalue weighted by atomic mass is 9.70. The highest BCUT2D eigenvalue weighted by Gasteiger charge is 2.37. The lowest BCUT2D eigenvalue weighted by Crippen LogP contribution is -2.39. The van der Waals surface area contributed by atoms with Crippen LogP contribution in [0.25, 0.3) is 0 Å². The van der Waals surface area contributed by atoms with Gasteiger partial charge in [-0.05, 0) is 49.7 Å². The van der Waals surface area contributed by atoms with Crippen molar-refractivity contribution in [1.82, 2.24) is 15.1 Å². The molecule has 1 aromatic carbocycles. The van der Waals surface area contributed by atoms with Crippen LogP contribution in [0.1, 0.15) is 66.4 Å². The van der Waals surface area contributed by atoms with Crippen LogP contribution < -0.4 is 16.4 Å². The molecule has 11 heteroatoms. The second-order valence-corrected chi connectivity index (χ2v) is 10.3. The minimum absolute atomic E-state index is 0.0503. The number of rotatable bonds is 10. The molecule has 0 atom stereocenters. The Balaban J connectivity index is 1.36. The number of anilines is 1. The van der Waals surface area contributed by atoms with Gasteiger partial charge in [0.2, 0.25) is 5.91 Å². The molecule has 4 N–H and O–H groups in total. The van der Waals surface area contributed by atoms with E-state index in [0.29, 0.717) is 19.5 Å². The highest BCUT2D eigenvalue weighted by molar-refractivity contribution is 6.02. The topological polar surface area (TPSA) is 126 Å². The Labute approximate surface area is 213 Å². The molecule has 2 aromatic rings. The number of amides is 2. The van der Waals surface area contributed by atoms with Crippen LogP contribution in [0.5, 0.6) is 0 Å². The average Bonchev–Trinajstić information content (AvgIpc) is 3.60.